The van der Waals surface area contributed by atoms with E-state index in [1.54, 1.807) is 32.2 Å². The fraction of sp³-hybridized carbons (Fsp3) is 0.348. The molecule has 2 rings (SSSR count). The monoisotopic (exact) mass is 411 g/mol. The molecule has 0 radical (unpaired) electrons. The van der Waals surface area contributed by atoms with E-state index in [1.165, 1.54) is 4.90 Å². The number of pyridine rings is 1. The molecule has 0 saturated carbocycles. The predicted molar refractivity (Wildman–Crippen MR) is 118 cm³/mol. The van der Waals surface area contributed by atoms with Crippen molar-refractivity contribution in [3.63, 3.8) is 0 Å². The Bertz CT molecular complexity index is 878. The van der Waals surface area contributed by atoms with Crippen LogP contribution in [0.4, 0.5) is 10.6 Å². The zero-order valence-corrected chi connectivity index (χ0v) is 17.7. The third-order valence-corrected chi connectivity index (χ3v) is 4.46. The molecule has 0 bridgehead atoms. The van der Waals surface area contributed by atoms with Crippen LogP contribution in [0, 0.1) is 0 Å². The van der Waals surface area contributed by atoms with Crippen molar-refractivity contribution in [2.45, 2.75) is 33.1 Å². The summed E-state index contributed by atoms with van der Waals surface area (Å²) in [4.78, 5) is 29.4. The van der Waals surface area contributed by atoms with Gasteiger partial charge < -0.3 is 15.2 Å². The molecule has 0 saturated heterocycles. The maximum atomic E-state index is 12.3. The van der Waals surface area contributed by atoms with Crippen LogP contribution in [0.5, 0.6) is 0 Å². The fourth-order valence-electron chi connectivity index (χ4n) is 2.85. The lowest BCUT2D eigenvalue weighted by Gasteiger charge is -2.18. The maximum Gasteiger partial charge on any atom is 0.332 e. The maximum absolute atomic E-state index is 12.3. The average molecular weight is 412 g/mol. The largest absolute Gasteiger partial charge is 0.493 e. The summed E-state index contributed by atoms with van der Waals surface area (Å²) in [6, 6.07) is 12.6. The molecule has 160 valence electrons. The van der Waals surface area contributed by atoms with Crippen LogP contribution in [0.25, 0.3) is 17.0 Å². The number of carboxylic acids is 1. The smallest absolute Gasteiger partial charge is 0.332 e. The molecule has 0 aliphatic rings. The zero-order chi connectivity index (χ0) is 21.9. The molecule has 0 spiro atoms. The minimum absolute atomic E-state index is 0.189. The highest BCUT2D eigenvalue weighted by molar-refractivity contribution is 5.90. The first kappa shape index (κ1) is 22.9. The summed E-state index contributed by atoms with van der Waals surface area (Å²) in [5, 5.41) is 11.9. The summed E-state index contributed by atoms with van der Waals surface area (Å²) in [7, 11) is 1.69. The van der Waals surface area contributed by atoms with Gasteiger partial charge in [-0.25, -0.2) is 14.6 Å². The van der Waals surface area contributed by atoms with Gasteiger partial charge in [0.1, 0.15) is 11.6 Å². The van der Waals surface area contributed by atoms with Crippen molar-refractivity contribution in [3.8, 4) is 11.3 Å². The minimum Gasteiger partial charge on any atom is -0.493 e. The Morgan fingerprint density at radius 2 is 1.87 bits per heavy atom. The Hall–Kier alpha value is -3.35. The number of aromatic nitrogens is 1. The van der Waals surface area contributed by atoms with Gasteiger partial charge in [0.2, 0.25) is 0 Å². The Labute approximate surface area is 177 Å². The van der Waals surface area contributed by atoms with Crippen LogP contribution in [0.2, 0.25) is 0 Å². The van der Waals surface area contributed by atoms with Gasteiger partial charge in [0.05, 0.1) is 18.4 Å². The number of carbonyl (C=O) groups is 2. The molecular weight excluding hydrogens is 382 g/mol. The highest BCUT2D eigenvalue weighted by Gasteiger charge is 2.13. The number of hydrogen-bond acceptors (Lipinski definition) is 4. The van der Waals surface area contributed by atoms with Crippen LogP contribution in [0.1, 0.15) is 38.7 Å². The number of rotatable bonds is 10. The van der Waals surface area contributed by atoms with Crippen LogP contribution in [0.15, 0.2) is 48.5 Å². The molecule has 30 heavy (non-hydrogen) atoms. The number of ether oxygens (including phenoxy) is 1. The third kappa shape index (κ3) is 6.62. The van der Waals surface area contributed by atoms with Gasteiger partial charge in [0.15, 0.2) is 0 Å². The first-order valence-electron chi connectivity index (χ1n) is 10.1. The van der Waals surface area contributed by atoms with E-state index in [-0.39, 0.29) is 6.03 Å². The topological polar surface area (TPSA) is 91.8 Å². The number of nitrogens with zero attached hydrogens (tertiary/aromatic N) is 2. The first-order valence-corrected chi connectivity index (χ1v) is 10.1. The lowest BCUT2D eigenvalue weighted by molar-refractivity contribution is -0.131. The summed E-state index contributed by atoms with van der Waals surface area (Å²) < 4.78 is 5.42. The molecule has 7 heteroatoms. The number of urea groups is 1. The molecule has 2 N–H and O–H groups in total. The standard InChI is InChI=1S/C23H29N3O4/c1-4-6-7-15-24-23(29)26(3)21-10-8-9-19(25-21)17-11-13-18(14-12-17)20(30-5-2)16-22(27)28/h8-14,16H,4-7,15H2,1-3H3,(H,24,29)(H,27,28). The van der Waals surface area contributed by atoms with Crippen molar-refractivity contribution in [3.05, 3.63) is 54.1 Å². The van der Waals surface area contributed by atoms with Gasteiger partial charge in [-0.2, -0.15) is 0 Å². The van der Waals surface area contributed by atoms with Crippen LogP contribution in [0.3, 0.4) is 0 Å². The summed E-state index contributed by atoms with van der Waals surface area (Å²) in [6.45, 7) is 4.94. The molecule has 0 atom stereocenters. The number of aliphatic carboxylic acids is 1. The normalized spacial score (nSPS) is 11.1. The highest BCUT2D eigenvalue weighted by Crippen LogP contribution is 2.23. The Kier molecular flexibility index (Phi) is 8.87. The van der Waals surface area contributed by atoms with Gasteiger partial charge in [-0.3, -0.25) is 4.90 Å². The molecule has 2 aromatic rings. The van der Waals surface area contributed by atoms with E-state index in [1.807, 2.05) is 24.3 Å². The fourth-order valence-corrected chi connectivity index (χ4v) is 2.85. The van der Waals surface area contributed by atoms with E-state index in [0.717, 1.165) is 30.9 Å². The van der Waals surface area contributed by atoms with Crippen LogP contribution in [-0.2, 0) is 9.53 Å². The summed E-state index contributed by atoms with van der Waals surface area (Å²) in [6.07, 6.45) is 4.19. The molecule has 0 aliphatic heterocycles. The molecule has 1 aromatic carbocycles. The summed E-state index contributed by atoms with van der Waals surface area (Å²) in [5.41, 5.74) is 2.23. The number of carboxylic acid groups (broad SMARTS) is 1. The van der Waals surface area contributed by atoms with E-state index in [4.69, 9.17) is 9.84 Å². The molecule has 2 amide bonds. The number of unbranched alkanes of at least 4 members (excludes halogenated alkanes) is 2. The number of carbonyl (C=O) groups excluding carboxylic acids is 1. The second-order valence-electron chi connectivity index (χ2n) is 6.74. The van der Waals surface area contributed by atoms with Crippen molar-refractivity contribution in [2.24, 2.45) is 0 Å². The van der Waals surface area contributed by atoms with Gasteiger partial charge in [-0.15, -0.1) is 0 Å². The van der Waals surface area contributed by atoms with Crippen LogP contribution >= 0.6 is 0 Å². The van der Waals surface area contributed by atoms with Gasteiger partial charge in [-0.05, 0) is 25.5 Å². The number of nitrogens with one attached hydrogen (secondary N) is 1. The molecule has 0 aliphatic carbocycles. The Morgan fingerprint density at radius 3 is 2.50 bits per heavy atom. The van der Waals surface area contributed by atoms with Crippen molar-refractivity contribution >= 4 is 23.6 Å². The average Bonchev–Trinajstić information content (AvgIpc) is 2.75. The van der Waals surface area contributed by atoms with Gasteiger partial charge in [0.25, 0.3) is 0 Å². The van der Waals surface area contributed by atoms with E-state index < -0.39 is 5.97 Å². The van der Waals surface area contributed by atoms with E-state index in [2.05, 4.69) is 17.2 Å². The molecule has 0 fully saturated rings. The summed E-state index contributed by atoms with van der Waals surface area (Å²) in [5.74, 6) is -0.212. The number of hydrogen-bond donors (Lipinski definition) is 2. The number of amides is 2. The van der Waals surface area contributed by atoms with E-state index in [0.29, 0.717) is 36.0 Å². The second kappa shape index (κ2) is 11.6. The van der Waals surface area contributed by atoms with E-state index >= 15 is 0 Å². The van der Waals surface area contributed by atoms with Crippen LogP contribution < -0.4 is 10.2 Å². The summed E-state index contributed by atoms with van der Waals surface area (Å²) >= 11 is 0. The van der Waals surface area contributed by atoms with Gasteiger partial charge >= 0.3 is 12.0 Å². The Morgan fingerprint density at radius 1 is 1.13 bits per heavy atom. The van der Waals surface area contributed by atoms with Crippen molar-refractivity contribution in [1.82, 2.24) is 10.3 Å². The highest BCUT2D eigenvalue weighted by atomic mass is 16.5. The van der Waals surface area contributed by atoms with Gasteiger partial charge in [-0.1, -0.05) is 50.1 Å². The second-order valence-corrected chi connectivity index (χ2v) is 6.74. The van der Waals surface area contributed by atoms with Gasteiger partial charge in [0, 0.05) is 24.7 Å². The SMILES string of the molecule is CCCCCNC(=O)N(C)c1cccc(-c2ccc(C(=CC(=O)O)OCC)cc2)n1. The number of benzene rings is 1. The van der Waals surface area contributed by atoms with E-state index in [9.17, 15) is 9.59 Å². The third-order valence-electron chi connectivity index (χ3n) is 4.46. The lowest BCUT2D eigenvalue weighted by atomic mass is 10.1. The minimum atomic E-state index is -1.06. The first-order chi connectivity index (χ1) is 14.5. The molecule has 7 nitrogen and oxygen atoms in total. The molecule has 1 heterocycles. The van der Waals surface area contributed by atoms with Crippen molar-refractivity contribution in [1.29, 1.82) is 0 Å². The molecule has 1 aromatic heterocycles. The molecule has 0 unspecified atom stereocenters. The zero-order valence-electron chi connectivity index (χ0n) is 17.7. The quantitative estimate of drug-likeness (QED) is 0.340. The van der Waals surface area contributed by atoms with Crippen molar-refractivity contribution < 1.29 is 19.4 Å². The van der Waals surface area contributed by atoms with Crippen LogP contribution in [-0.4, -0.2) is 42.3 Å². The number of anilines is 1. The van der Waals surface area contributed by atoms with Crippen molar-refractivity contribution in [2.75, 3.05) is 25.1 Å². The predicted octanol–water partition coefficient (Wildman–Crippen LogP) is 4.55. The lowest BCUT2D eigenvalue weighted by Crippen LogP contribution is -2.38. The molecular formula is C23H29N3O4. The Balaban J connectivity index is 2.15.